The first-order chi connectivity index (χ1) is 9.07. The molecule has 1 N–H and O–H groups in total. The highest BCUT2D eigenvalue weighted by Gasteiger charge is 2.40. The van der Waals surface area contributed by atoms with Crippen LogP contribution in [0.25, 0.3) is 0 Å². The molecule has 1 aliphatic heterocycles. The molecule has 1 atom stereocenters. The van der Waals surface area contributed by atoms with Gasteiger partial charge in [-0.25, -0.2) is 0 Å². The van der Waals surface area contributed by atoms with Gasteiger partial charge in [0.15, 0.2) is 0 Å². The number of hydrogen-bond acceptors (Lipinski definition) is 2. The SMILES string of the molecule is CC1(C(=O)O)CCN(Cc2ccc(C3CC3)cc2)C1. The Balaban J connectivity index is 1.61. The number of nitrogens with zero attached hydrogens (tertiary/aromatic N) is 1. The van der Waals surface area contributed by atoms with E-state index in [9.17, 15) is 9.90 Å². The molecule has 2 aliphatic rings. The summed E-state index contributed by atoms with van der Waals surface area (Å²) in [5.74, 6) is 0.134. The molecule has 3 nitrogen and oxygen atoms in total. The van der Waals surface area contributed by atoms with Crippen molar-refractivity contribution in [2.24, 2.45) is 5.41 Å². The standard InChI is InChI=1S/C16H21NO2/c1-16(15(18)19)8-9-17(11-16)10-12-2-4-13(5-3-12)14-6-7-14/h2-5,14H,6-11H2,1H3,(H,18,19). The fraction of sp³-hybridized carbons (Fsp3) is 0.562. The summed E-state index contributed by atoms with van der Waals surface area (Å²) in [5, 5.41) is 9.23. The molecule has 1 saturated heterocycles. The minimum atomic E-state index is -0.668. The third-order valence-corrected chi connectivity index (χ3v) is 4.50. The highest BCUT2D eigenvalue weighted by Crippen LogP contribution is 2.40. The van der Waals surface area contributed by atoms with Gasteiger partial charge in [-0.05, 0) is 49.8 Å². The van der Waals surface area contributed by atoms with Crippen molar-refractivity contribution in [2.75, 3.05) is 13.1 Å². The third-order valence-electron chi connectivity index (χ3n) is 4.50. The van der Waals surface area contributed by atoms with E-state index in [1.807, 2.05) is 6.92 Å². The highest BCUT2D eigenvalue weighted by molar-refractivity contribution is 5.74. The Morgan fingerprint density at radius 3 is 2.58 bits per heavy atom. The average Bonchev–Trinajstić information content (AvgIpc) is 3.15. The second-order valence-corrected chi connectivity index (χ2v) is 6.34. The first-order valence-electron chi connectivity index (χ1n) is 7.11. The maximum absolute atomic E-state index is 11.2. The molecule has 102 valence electrons. The summed E-state index contributed by atoms with van der Waals surface area (Å²) in [6.07, 6.45) is 3.42. The smallest absolute Gasteiger partial charge is 0.310 e. The third kappa shape index (κ3) is 2.66. The van der Waals surface area contributed by atoms with Crippen molar-refractivity contribution in [3.05, 3.63) is 35.4 Å². The molecule has 3 heteroatoms. The van der Waals surface area contributed by atoms with E-state index in [2.05, 4.69) is 29.2 Å². The molecule has 1 heterocycles. The molecule has 3 rings (SSSR count). The Bertz CT molecular complexity index is 478. The molecule has 0 radical (unpaired) electrons. The number of carboxylic acids is 1. The minimum absolute atomic E-state index is 0.562. The van der Waals surface area contributed by atoms with Crippen LogP contribution in [0.15, 0.2) is 24.3 Å². The molecule has 2 fully saturated rings. The summed E-state index contributed by atoms with van der Waals surface area (Å²) in [6.45, 7) is 4.26. The van der Waals surface area contributed by atoms with Gasteiger partial charge in [-0.2, -0.15) is 0 Å². The van der Waals surface area contributed by atoms with Crippen LogP contribution in [-0.2, 0) is 11.3 Å². The zero-order chi connectivity index (χ0) is 13.5. The Kier molecular flexibility index (Phi) is 3.09. The fourth-order valence-electron chi connectivity index (χ4n) is 2.94. The summed E-state index contributed by atoms with van der Waals surface area (Å²) in [7, 11) is 0. The van der Waals surface area contributed by atoms with E-state index >= 15 is 0 Å². The number of likely N-dealkylation sites (tertiary alicyclic amines) is 1. The van der Waals surface area contributed by atoms with Crippen molar-refractivity contribution in [3.8, 4) is 0 Å². The number of rotatable bonds is 4. The molecule has 1 aromatic carbocycles. The number of carboxylic acid groups (broad SMARTS) is 1. The first-order valence-corrected chi connectivity index (χ1v) is 7.11. The zero-order valence-electron chi connectivity index (χ0n) is 11.4. The Morgan fingerprint density at radius 1 is 1.37 bits per heavy atom. The number of hydrogen-bond donors (Lipinski definition) is 1. The maximum atomic E-state index is 11.2. The van der Waals surface area contributed by atoms with E-state index in [1.165, 1.54) is 24.0 Å². The average molecular weight is 259 g/mol. The van der Waals surface area contributed by atoms with Crippen LogP contribution in [0.3, 0.4) is 0 Å². The predicted octanol–water partition coefficient (Wildman–Crippen LogP) is 2.86. The molecule has 0 bridgehead atoms. The van der Waals surface area contributed by atoms with Gasteiger partial charge in [0, 0.05) is 13.1 Å². The number of aliphatic carboxylic acids is 1. The summed E-state index contributed by atoms with van der Waals surface area (Å²) in [6, 6.07) is 8.87. The largest absolute Gasteiger partial charge is 0.481 e. The lowest BCUT2D eigenvalue weighted by Gasteiger charge is -2.20. The summed E-state index contributed by atoms with van der Waals surface area (Å²) >= 11 is 0. The van der Waals surface area contributed by atoms with Gasteiger partial charge >= 0.3 is 5.97 Å². The zero-order valence-corrected chi connectivity index (χ0v) is 11.4. The van der Waals surface area contributed by atoms with Gasteiger partial charge in [-0.1, -0.05) is 24.3 Å². The van der Waals surface area contributed by atoms with Gasteiger partial charge in [-0.15, -0.1) is 0 Å². The van der Waals surface area contributed by atoms with Crippen LogP contribution in [0, 0.1) is 5.41 Å². The Labute approximate surface area is 114 Å². The Hall–Kier alpha value is -1.35. The van der Waals surface area contributed by atoms with Gasteiger partial charge in [0.05, 0.1) is 5.41 Å². The van der Waals surface area contributed by atoms with E-state index in [1.54, 1.807) is 0 Å². The van der Waals surface area contributed by atoms with Crippen molar-refractivity contribution in [3.63, 3.8) is 0 Å². The monoisotopic (exact) mass is 259 g/mol. The van der Waals surface area contributed by atoms with E-state index < -0.39 is 11.4 Å². The number of benzene rings is 1. The van der Waals surface area contributed by atoms with E-state index in [0.29, 0.717) is 6.54 Å². The van der Waals surface area contributed by atoms with Crippen molar-refractivity contribution in [2.45, 2.75) is 38.6 Å². The molecule has 0 spiro atoms. The second kappa shape index (κ2) is 4.64. The van der Waals surface area contributed by atoms with Crippen LogP contribution < -0.4 is 0 Å². The molecular formula is C16H21NO2. The molecule has 19 heavy (non-hydrogen) atoms. The van der Waals surface area contributed by atoms with Crippen molar-refractivity contribution >= 4 is 5.97 Å². The van der Waals surface area contributed by atoms with E-state index in [0.717, 1.165) is 25.4 Å². The van der Waals surface area contributed by atoms with Crippen LogP contribution in [0.2, 0.25) is 0 Å². The minimum Gasteiger partial charge on any atom is -0.481 e. The topological polar surface area (TPSA) is 40.5 Å². The number of carbonyl (C=O) groups is 1. The second-order valence-electron chi connectivity index (χ2n) is 6.34. The van der Waals surface area contributed by atoms with E-state index in [-0.39, 0.29) is 0 Å². The maximum Gasteiger partial charge on any atom is 0.310 e. The van der Waals surface area contributed by atoms with Crippen LogP contribution in [0.4, 0.5) is 0 Å². The van der Waals surface area contributed by atoms with Crippen molar-refractivity contribution in [1.29, 1.82) is 0 Å². The molecule has 0 aromatic heterocycles. The fourth-order valence-corrected chi connectivity index (χ4v) is 2.94. The molecule has 1 unspecified atom stereocenters. The molecular weight excluding hydrogens is 238 g/mol. The van der Waals surface area contributed by atoms with Gasteiger partial charge in [0.25, 0.3) is 0 Å². The van der Waals surface area contributed by atoms with Gasteiger partial charge < -0.3 is 5.11 Å². The van der Waals surface area contributed by atoms with Crippen LogP contribution in [0.1, 0.15) is 43.2 Å². The Morgan fingerprint density at radius 2 is 2.05 bits per heavy atom. The lowest BCUT2D eigenvalue weighted by molar-refractivity contribution is -0.147. The molecule has 1 saturated carbocycles. The molecule has 1 aromatic rings. The predicted molar refractivity (Wildman–Crippen MR) is 74.1 cm³/mol. The van der Waals surface area contributed by atoms with Crippen molar-refractivity contribution < 1.29 is 9.90 Å². The highest BCUT2D eigenvalue weighted by atomic mass is 16.4. The van der Waals surface area contributed by atoms with Crippen molar-refractivity contribution in [1.82, 2.24) is 4.90 Å². The van der Waals surface area contributed by atoms with Gasteiger partial charge in [0.1, 0.15) is 0 Å². The lowest BCUT2D eigenvalue weighted by atomic mass is 9.90. The van der Waals surface area contributed by atoms with E-state index in [4.69, 9.17) is 0 Å². The summed E-state index contributed by atoms with van der Waals surface area (Å²) < 4.78 is 0. The molecule has 0 amide bonds. The van der Waals surface area contributed by atoms with Gasteiger partial charge in [0.2, 0.25) is 0 Å². The van der Waals surface area contributed by atoms with Gasteiger partial charge in [-0.3, -0.25) is 9.69 Å². The summed E-state index contributed by atoms with van der Waals surface area (Å²) in [4.78, 5) is 13.5. The van der Waals surface area contributed by atoms with Crippen LogP contribution in [-0.4, -0.2) is 29.1 Å². The molecule has 1 aliphatic carbocycles. The normalized spacial score (nSPS) is 27.6. The first kappa shape index (κ1) is 12.7. The summed E-state index contributed by atoms with van der Waals surface area (Å²) in [5.41, 5.74) is 2.19. The van der Waals surface area contributed by atoms with Crippen LogP contribution in [0.5, 0.6) is 0 Å². The lowest BCUT2D eigenvalue weighted by Crippen LogP contribution is -2.31. The van der Waals surface area contributed by atoms with Crippen LogP contribution >= 0.6 is 0 Å². The quantitative estimate of drug-likeness (QED) is 0.904.